The number of fused-ring (bicyclic) bond motifs is 1. The van der Waals surface area contributed by atoms with Gasteiger partial charge < -0.3 is 20.3 Å². The predicted molar refractivity (Wildman–Crippen MR) is 87.6 cm³/mol. The number of rotatable bonds is 4. The van der Waals surface area contributed by atoms with Gasteiger partial charge in [0.1, 0.15) is 11.7 Å². The molecule has 3 N–H and O–H groups in total. The van der Waals surface area contributed by atoms with E-state index in [1.807, 2.05) is 24.3 Å². The molecule has 1 fully saturated rings. The molecule has 0 bridgehead atoms. The molecule has 24 heavy (non-hydrogen) atoms. The molecule has 7 heteroatoms. The highest BCUT2D eigenvalue weighted by Gasteiger charge is 2.31. The average molecular weight is 329 g/mol. The monoisotopic (exact) mass is 329 g/mol. The summed E-state index contributed by atoms with van der Waals surface area (Å²) in [6.45, 7) is 0.204. The molecule has 1 saturated heterocycles. The van der Waals surface area contributed by atoms with E-state index in [2.05, 4.69) is 10.3 Å². The van der Waals surface area contributed by atoms with Crippen LogP contribution in [-0.4, -0.2) is 51.9 Å². The maximum atomic E-state index is 12.3. The molecule has 0 aliphatic carbocycles. The molecule has 1 aliphatic rings. The van der Waals surface area contributed by atoms with Crippen molar-refractivity contribution in [1.29, 1.82) is 0 Å². The number of aromatic nitrogens is 1. The molecule has 7 nitrogen and oxygen atoms in total. The van der Waals surface area contributed by atoms with Crippen molar-refractivity contribution < 1.29 is 19.5 Å². The molecular weight excluding hydrogens is 310 g/mol. The van der Waals surface area contributed by atoms with Crippen molar-refractivity contribution in [1.82, 2.24) is 15.2 Å². The number of piperidine rings is 1. The smallest absolute Gasteiger partial charge is 0.326 e. The first kappa shape index (κ1) is 16.0. The van der Waals surface area contributed by atoms with Gasteiger partial charge >= 0.3 is 5.97 Å². The van der Waals surface area contributed by atoms with E-state index in [1.165, 1.54) is 4.90 Å². The Labute approximate surface area is 138 Å². The number of carbonyl (C=O) groups excluding carboxylic acids is 2. The van der Waals surface area contributed by atoms with E-state index in [0.29, 0.717) is 18.7 Å². The van der Waals surface area contributed by atoms with Gasteiger partial charge in [-0.1, -0.05) is 18.2 Å². The Morgan fingerprint density at radius 2 is 2.04 bits per heavy atom. The molecule has 1 aliphatic heterocycles. The number of carbonyl (C=O) groups is 3. The van der Waals surface area contributed by atoms with E-state index < -0.39 is 12.0 Å². The van der Waals surface area contributed by atoms with Crippen molar-refractivity contribution in [2.24, 2.45) is 0 Å². The summed E-state index contributed by atoms with van der Waals surface area (Å²) in [7, 11) is 0. The predicted octanol–water partition coefficient (Wildman–Crippen LogP) is 1.36. The zero-order valence-corrected chi connectivity index (χ0v) is 13.1. The van der Waals surface area contributed by atoms with Crippen LogP contribution in [0.3, 0.4) is 0 Å². The van der Waals surface area contributed by atoms with E-state index in [0.717, 1.165) is 23.7 Å². The SMILES string of the molecule is O=C(NCC(=O)N1CCCC[C@@H]1C(=O)O)c1cc2ccccc2[nH]1. The minimum absolute atomic E-state index is 0.210. The van der Waals surface area contributed by atoms with Crippen molar-refractivity contribution in [3.63, 3.8) is 0 Å². The number of aromatic amines is 1. The third-order valence-electron chi connectivity index (χ3n) is 4.28. The van der Waals surface area contributed by atoms with Gasteiger partial charge in [0.15, 0.2) is 0 Å². The van der Waals surface area contributed by atoms with E-state index in [9.17, 15) is 19.5 Å². The van der Waals surface area contributed by atoms with Crippen LogP contribution >= 0.6 is 0 Å². The highest BCUT2D eigenvalue weighted by molar-refractivity contribution is 5.99. The molecule has 0 radical (unpaired) electrons. The number of para-hydroxylation sites is 1. The zero-order chi connectivity index (χ0) is 17.1. The third-order valence-corrected chi connectivity index (χ3v) is 4.28. The molecule has 1 aromatic carbocycles. The fraction of sp³-hybridized carbons (Fsp3) is 0.353. The number of benzene rings is 1. The summed E-state index contributed by atoms with van der Waals surface area (Å²) >= 11 is 0. The molecule has 1 atom stereocenters. The van der Waals surface area contributed by atoms with Crippen LogP contribution in [0.5, 0.6) is 0 Å². The third kappa shape index (κ3) is 3.24. The molecule has 1 aromatic heterocycles. The number of nitrogens with zero attached hydrogens (tertiary/aromatic N) is 1. The molecule has 0 unspecified atom stereocenters. The zero-order valence-electron chi connectivity index (χ0n) is 13.1. The summed E-state index contributed by atoms with van der Waals surface area (Å²) in [5.41, 5.74) is 1.22. The Kier molecular flexibility index (Phi) is 4.50. The molecule has 126 valence electrons. The quantitative estimate of drug-likeness (QED) is 0.788. The van der Waals surface area contributed by atoms with Crippen molar-refractivity contribution in [3.8, 4) is 0 Å². The van der Waals surface area contributed by atoms with Crippen LogP contribution in [0.1, 0.15) is 29.8 Å². The van der Waals surface area contributed by atoms with Gasteiger partial charge in [-0.15, -0.1) is 0 Å². The number of aliphatic carboxylic acids is 1. The minimum Gasteiger partial charge on any atom is -0.480 e. The maximum Gasteiger partial charge on any atom is 0.326 e. The van der Waals surface area contributed by atoms with Crippen molar-refractivity contribution >= 4 is 28.7 Å². The van der Waals surface area contributed by atoms with Crippen LogP contribution in [0.4, 0.5) is 0 Å². The molecule has 3 rings (SSSR count). The Bertz CT molecular complexity index is 750. The number of H-pyrrole nitrogens is 1. The summed E-state index contributed by atoms with van der Waals surface area (Å²) in [6, 6.07) is 8.42. The largest absolute Gasteiger partial charge is 0.480 e. The second kappa shape index (κ2) is 6.74. The van der Waals surface area contributed by atoms with Gasteiger partial charge in [-0.25, -0.2) is 4.79 Å². The van der Waals surface area contributed by atoms with Crippen LogP contribution in [0.15, 0.2) is 30.3 Å². The van der Waals surface area contributed by atoms with Crippen molar-refractivity contribution in [2.45, 2.75) is 25.3 Å². The van der Waals surface area contributed by atoms with Crippen molar-refractivity contribution in [3.05, 3.63) is 36.0 Å². The molecular formula is C17H19N3O4. The Morgan fingerprint density at radius 3 is 2.79 bits per heavy atom. The van der Waals surface area contributed by atoms with E-state index >= 15 is 0 Å². The summed E-state index contributed by atoms with van der Waals surface area (Å²) in [5.74, 6) is -1.75. The van der Waals surface area contributed by atoms with Crippen LogP contribution in [0, 0.1) is 0 Å². The Hall–Kier alpha value is -2.83. The summed E-state index contributed by atoms with van der Waals surface area (Å²) < 4.78 is 0. The van der Waals surface area contributed by atoms with E-state index in [1.54, 1.807) is 6.07 Å². The fourth-order valence-electron chi connectivity index (χ4n) is 3.04. The number of carboxylic acid groups (broad SMARTS) is 1. The van der Waals surface area contributed by atoms with E-state index in [4.69, 9.17) is 0 Å². The molecule has 2 amide bonds. The maximum absolute atomic E-state index is 12.3. The van der Waals surface area contributed by atoms with Crippen LogP contribution in [0.2, 0.25) is 0 Å². The first-order valence-electron chi connectivity index (χ1n) is 7.94. The lowest BCUT2D eigenvalue weighted by Gasteiger charge is -2.32. The number of hydrogen-bond acceptors (Lipinski definition) is 3. The molecule has 2 heterocycles. The number of carboxylic acids is 1. The van der Waals surface area contributed by atoms with E-state index in [-0.39, 0.29) is 18.4 Å². The normalized spacial score (nSPS) is 17.7. The number of nitrogens with one attached hydrogen (secondary N) is 2. The topological polar surface area (TPSA) is 102 Å². The van der Waals surface area contributed by atoms with Gasteiger partial charge in [0.25, 0.3) is 5.91 Å². The number of likely N-dealkylation sites (tertiary alicyclic amines) is 1. The molecule has 0 saturated carbocycles. The molecule has 2 aromatic rings. The average Bonchev–Trinajstić information content (AvgIpc) is 3.03. The first-order valence-corrected chi connectivity index (χ1v) is 7.94. The summed E-state index contributed by atoms with van der Waals surface area (Å²) in [4.78, 5) is 40.0. The Morgan fingerprint density at radius 1 is 1.25 bits per heavy atom. The standard InChI is InChI=1S/C17H19N3O4/c21-15(20-8-4-3-7-14(20)17(23)24)10-18-16(22)13-9-11-5-1-2-6-12(11)19-13/h1-2,5-6,9,14,19H,3-4,7-8,10H2,(H,18,22)(H,23,24)/t14-/m1/s1. The van der Waals surface area contributed by atoms with Gasteiger partial charge in [0.2, 0.25) is 5.91 Å². The lowest BCUT2D eigenvalue weighted by atomic mass is 10.0. The first-order chi connectivity index (χ1) is 11.6. The lowest BCUT2D eigenvalue weighted by Crippen LogP contribution is -2.51. The highest BCUT2D eigenvalue weighted by atomic mass is 16.4. The number of amides is 2. The van der Waals surface area contributed by atoms with Crippen LogP contribution in [0.25, 0.3) is 10.9 Å². The van der Waals surface area contributed by atoms with Crippen LogP contribution in [-0.2, 0) is 9.59 Å². The number of hydrogen-bond donors (Lipinski definition) is 3. The molecule has 0 spiro atoms. The van der Waals surface area contributed by atoms with Gasteiger partial charge in [-0.3, -0.25) is 9.59 Å². The summed E-state index contributed by atoms with van der Waals surface area (Å²) in [5, 5.41) is 12.7. The minimum atomic E-state index is -0.995. The fourth-order valence-corrected chi connectivity index (χ4v) is 3.04. The Balaban J connectivity index is 1.62. The van der Waals surface area contributed by atoms with Gasteiger partial charge in [-0.05, 0) is 31.4 Å². The van der Waals surface area contributed by atoms with Gasteiger partial charge in [-0.2, -0.15) is 0 Å². The second-order valence-corrected chi connectivity index (χ2v) is 5.89. The van der Waals surface area contributed by atoms with Gasteiger partial charge in [0, 0.05) is 17.4 Å². The highest BCUT2D eigenvalue weighted by Crippen LogP contribution is 2.17. The summed E-state index contributed by atoms with van der Waals surface area (Å²) in [6.07, 6.45) is 2.03. The van der Waals surface area contributed by atoms with Crippen molar-refractivity contribution in [2.75, 3.05) is 13.1 Å². The lowest BCUT2D eigenvalue weighted by molar-refractivity contribution is -0.151. The van der Waals surface area contributed by atoms with Gasteiger partial charge in [0.05, 0.1) is 6.54 Å². The second-order valence-electron chi connectivity index (χ2n) is 5.89. The van der Waals surface area contributed by atoms with Crippen LogP contribution < -0.4 is 5.32 Å².